The van der Waals surface area contributed by atoms with Gasteiger partial charge in [-0.25, -0.2) is 0 Å². The normalized spacial score (nSPS) is 22.8. The molecule has 0 spiro atoms. The molecule has 0 saturated carbocycles. The second-order valence-electron chi connectivity index (χ2n) is 5.72. The minimum atomic E-state index is 0.250. The number of hydrogen-bond acceptors (Lipinski definition) is 4. The molecule has 3 rings (SSSR count). The number of ether oxygens (including phenoxy) is 2. The van der Waals surface area contributed by atoms with E-state index in [1.165, 1.54) is 32.1 Å². The fraction of sp³-hybridized carbons (Fsp3) is 0.625. The third-order valence-electron chi connectivity index (χ3n) is 4.42. The second kappa shape index (κ2) is 5.92. The fourth-order valence-electron chi connectivity index (χ4n) is 3.23. The standard InChI is InChI=1S/C16H23NO3/c1-2-13-6-4-3-5-7-17(13)10-12-8-15-16(9-14(12)18)20-11-19-15/h8-9,13,18H,2-7,10-11H2,1H3. The van der Waals surface area contributed by atoms with E-state index in [9.17, 15) is 5.11 Å². The zero-order valence-electron chi connectivity index (χ0n) is 12.1. The molecule has 1 atom stereocenters. The van der Waals surface area contributed by atoms with E-state index in [0.29, 0.717) is 17.5 Å². The van der Waals surface area contributed by atoms with Gasteiger partial charge in [-0.05, 0) is 31.9 Å². The molecule has 0 radical (unpaired) electrons. The van der Waals surface area contributed by atoms with Gasteiger partial charge in [-0.15, -0.1) is 0 Å². The molecule has 1 fully saturated rings. The predicted molar refractivity (Wildman–Crippen MR) is 77.2 cm³/mol. The molecule has 110 valence electrons. The lowest BCUT2D eigenvalue weighted by Crippen LogP contribution is -2.33. The first-order valence-corrected chi connectivity index (χ1v) is 7.63. The molecule has 0 bridgehead atoms. The van der Waals surface area contributed by atoms with Crippen LogP contribution in [0.3, 0.4) is 0 Å². The molecule has 2 aliphatic heterocycles. The fourth-order valence-corrected chi connectivity index (χ4v) is 3.23. The van der Waals surface area contributed by atoms with E-state index in [1.807, 2.05) is 6.07 Å². The van der Waals surface area contributed by atoms with Crippen molar-refractivity contribution < 1.29 is 14.6 Å². The van der Waals surface area contributed by atoms with E-state index in [-0.39, 0.29) is 6.79 Å². The van der Waals surface area contributed by atoms with Gasteiger partial charge in [-0.3, -0.25) is 4.90 Å². The third kappa shape index (κ3) is 2.70. The van der Waals surface area contributed by atoms with Crippen molar-refractivity contribution in [3.63, 3.8) is 0 Å². The number of nitrogens with zero attached hydrogens (tertiary/aromatic N) is 1. The second-order valence-corrected chi connectivity index (χ2v) is 5.72. The summed E-state index contributed by atoms with van der Waals surface area (Å²) in [5.41, 5.74) is 0.939. The van der Waals surface area contributed by atoms with Crippen molar-refractivity contribution in [3.05, 3.63) is 17.7 Å². The molecule has 0 aromatic heterocycles. The van der Waals surface area contributed by atoms with Crippen LogP contribution in [0, 0.1) is 0 Å². The van der Waals surface area contributed by atoms with Gasteiger partial charge in [0.05, 0.1) is 0 Å². The summed E-state index contributed by atoms with van der Waals surface area (Å²) in [4.78, 5) is 2.50. The van der Waals surface area contributed by atoms with Crippen molar-refractivity contribution in [2.75, 3.05) is 13.3 Å². The molecule has 4 nitrogen and oxygen atoms in total. The lowest BCUT2D eigenvalue weighted by atomic mass is 10.1. The molecule has 1 aromatic rings. The Labute approximate surface area is 120 Å². The third-order valence-corrected chi connectivity index (χ3v) is 4.42. The zero-order chi connectivity index (χ0) is 13.9. The van der Waals surface area contributed by atoms with Gasteiger partial charge in [-0.2, -0.15) is 0 Å². The molecule has 1 aromatic carbocycles. The van der Waals surface area contributed by atoms with E-state index in [4.69, 9.17) is 9.47 Å². The van der Waals surface area contributed by atoms with Crippen LogP contribution < -0.4 is 9.47 Å². The number of likely N-dealkylation sites (tertiary alicyclic amines) is 1. The maximum atomic E-state index is 10.2. The van der Waals surface area contributed by atoms with Crippen LogP contribution in [0.4, 0.5) is 0 Å². The van der Waals surface area contributed by atoms with E-state index in [0.717, 1.165) is 24.4 Å². The number of benzene rings is 1. The van der Waals surface area contributed by atoms with Gasteiger partial charge in [0, 0.05) is 24.2 Å². The van der Waals surface area contributed by atoms with Crippen molar-refractivity contribution in [2.24, 2.45) is 0 Å². The Morgan fingerprint density at radius 2 is 2.00 bits per heavy atom. The van der Waals surface area contributed by atoms with Gasteiger partial charge < -0.3 is 14.6 Å². The summed E-state index contributed by atoms with van der Waals surface area (Å²) in [5.74, 6) is 1.71. The number of phenolic OH excluding ortho intramolecular Hbond substituents is 1. The molecule has 2 heterocycles. The summed E-state index contributed by atoms with van der Waals surface area (Å²) in [5, 5.41) is 10.2. The molecule has 4 heteroatoms. The molecule has 1 N–H and O–H groups in total. The van der Waals surface area contributed by atoms with Gasteiger partial charge in [0.15, 0.2) is 11.5 Å². The zero-order valence-corrected chi connectivity index (χ0v) is 12.1. The lowest BCUT2D eigenvalue weighted by molar-refractivity contribution is 0.173. The van der Waals surface area contributed by atoms with E-state index in [2.05, 4.69) is 11.8 Å². The average Bonchev–Trinajstić information content (AvgIpc) is 2.77. The molecule has 1 saturated heterocycles. The van der Waals surface area contributed by atoms with Crippen LogP contribution in [0.15, 0.2) is 12.1 Å². The van der Waals surface area contributed by atoms with Crippen molar-refractivity contribution in [1.82, 2.24) is 4.90 Å². The molecular weight excluding hydrogens is 254 g/mol. The first kappa shape index (κ1) is 13.6. The van der Waals surface area contributed by atoms with Gasteiger partial charge in [0.2, 0.25) is 6.79 Å². The largest absolute Gasteiger partial charge is 0.507 e. The van der Waals surface area contributed by atoms with Gasteiger partial charge >= 0.3 is 0 Å². The van der Waals surface area contributed by atoms with Crippen LogP contribution in [-0.2, 0) is 6.54 Å². The average molecular weight is 277 g/mol. The predicted octanol–water partition coefficient (Wildman–Crippen LogP) is 3.28. The Hall–Kier alpha value is -1.42. The van der Waals surface area contributed by atoms with E-state index >= 15 is 0 Å². The van der Waals surface area contributed by atoms with Crippen LogP contribution in [-0.4, -0.2) is 29.4 Å². The SMILES string of the molecule is CCC1CCCCCN1Cc1cc2c(cc1O)OCO2. The summed E-state index contributed by atoms with van der Waals surface area (Å²) in [6.07, 6.45) is 6.33. The molecule has 0 amide bonds. The van der Waals surface area contributed by atoms with Crippen molar-refractivity contribution in [3.8, 4) is 17.2 Å². The summed E-state index contributed by atoms with van der Waals surface area (Å²) in [6, 6.07) is 4.23. The highest BCUT2D eigenvalue weighted by Gasteiger charge is 2.23. The number of aromatic hydroxyl groups is 1. The summed E-state index contributed by atoms with van der Waals surface area (Å²) < 4.78 is 10.7. The number of rotatable bonds is 3. The Kier molecular flexibility index (Phi) is 4.01. The topological polar surface area (TPSA) is 41.9 Å². The molecule has 2 aliphatic rings. The van der Waals surface area contributed by atoms with Crippen LogP contribution in [0.2, 0.25) is 0 Å². The monoisotopic (exact) mass is 277 g/mol. The number of phenols is 1. The highest BCUT2D eigenvalue weighted by atomic mass is 16.7. The summed E-state index contributed by atoms with van der Waals surface area (Å²) in [6.45, 7) is 4.41. The van der Waals surface area contributed by atoms with Crippen LogP contribution in [0.25, 0.3) is 0 Å². The lowest BCUT2D eigenvalue weighted by Gasteiger charge is -2.29. The Morgan fingerprint density at radius 3 is 2.80 bits per heavy atom. The van der Waals surface area contributed by atoms with Crippen molar-refractivity contribution in [1.29, 1.82) is 0 Å². The Morgan fingerprint density at radius 1 is 1.20 bits per heavy atom. The van der Waals surface area contributed by atoms with Gasteiger partial charge in [-0.1, -0.05) is 19.8 Å². The van der Waals surface area contributed by atoms with Crippen LogP contribution >= 0.6 is 0 Å². The first-order chi connectivity index (χ1) is 9.78. The van der Waals surface area contributed by atoms with Crippen molar-refractivity contribution in [2.45, 2.75) is 51.6 Å². The van der Waals surface area contributed by atoms with E-state index < -0.39 is 0 Å². The number of hydrogen-bond donors (Lipinski definition) is 1. The highest BCUT2D eigenvalue weighted by molar-refractivity contribution is 5.51. The smallest absolute Gasteiger partial charge is 0.231 e. The quantitative estimate of drug-likeness (QED) is 0.920. The highest BCUT2D eigenvalue weighted by Crippen LogP contribution is 2.38. The van der Waals surface area contributed by atoms with Crippen molar-refractivity contribution >= 4 is 0 Å². The maximum absolute atomic E-state index is 10.2. The number of fused-ring (bicyclic) bond motifs is 1. The minimum absolute atomic E-state index is 0.250. The van der Waals surface area contributed by atoms with Gasteiger partial charge in [0.1, 0.15) is 5.75 Å². The Bertz CT molecular complexity index is 475. The van der Waals surface area contributed by atoms with Crippen LogP contribution in [0.1, 0.15) is 44.6 Å². The molecule has 1 unspecified atom stereocenters. The molecular formula is C16H23NO3. The summed E-state index contributed by atoms with van der Waals surface area (Å²) >= 11 is 0. The minimum Gasteiger partial charge on any atom is -0.507 e. The van der Waals surface area contributed by atoms with Gasteiger partial charge in [0.25, 0.3) is 0 Å². The molecule has 0 aliphatic carbocycles. The maximum Gasteiger partial charge on any atom is 0.231 e. The first-order valence-electron chi connectivity index (χ1n) is 7.63. The van der Waals surface area contributed by atoms with E-state index in [1.54, 1.807) is 6.07 Å². The molecule has 20 heavy (non-hydrogen) atoms. The summed E-state index contributed by atoms with van der Waals surface area (Å²) in [7, 11) is 0. The Balaban J connectivity index is 1.79. The van der Waals surface area contributed by atoms with Crippen LogP contribution in [0.5, 0.6) is 17.2 Å².